The number of hydrogen-bond acceptors (Lipinski definition) is 5. The first-order chi connectivity index (χ1) is 8.47. The Labute approximate surface area is 105 Å². The second-order valence-electron chi connectivity index (χ2n) is 3.64. The molecule has 0 atom stereocenters. The monoisotopic (exact) mass is 268 g/mol. The third-order valence-electron chi connectivity index (χ3n) is 2.36. The van der Waals surface area contributed by atoms with Gasteiger partial charge in [0.25, 0.3) is 5.69 Å². The van der Waals surface area contributed by atoms with Crippen molar-refractivity contribution in [1.29, 1.82) is 0 Å². The highest BCUT2D eigenvalue weighted by Crippen LogP contribution is 2.36. The van der Waals surface area contributed by atoms with Crippen LogP contribution < -0.4 is 5.32 Å². The molecule has 1 aliphatic rings. The molecule has 1 heterocycles. The van der Waals surface area contributed by atoms with Crippen LogP contribution in [0, 0.1) is 10.1 Å². The molecule has 2 rings (SSSR count). The highest BCUT2D eigenvalue weighted by atomic mass is 32.2. The van der Waals surface area contributed by atoms with Crippen molar-refractivity contribution in [3.05, 3.63) is 27.8 Å². The number of nitro benzene ring substituents is 1. The zero-order valence-corrected chi connectivity index (χ0v) is 9.82. The van der Waals surface area contributed by atoms with Gasteiger partial charge in [-0.1, -0.05) is 0 Å². The first-order valence-corrected chi connectivity index (χ1v) is 5.91. The summed E-state index contributed by atoms with van der Waals surface area (Å²) in [6.45, 7) is 0. The fourth-order valence-corrected chi connectivity index (χ4v) is 2.40. The Morgan fingerprint density at radius 3 is 2.89 bits per heavy atom. The van der Waals surface area contributed by atoms with Crippen molar-refractivity contribution in [3.63, 3.8) is 0 Å². The molecule has 8 heteroatoms. The van der Waals surface area contributed by atoms with E-state index in [0.29, 0.717) is 11.3 Å². The van der Waals surface area contributed by atoms with E-state index in [4.69, 9.17) is 5.11 Å². The minimum Gasteiger partial charge on any atom is -0.481 e. The van der Waals surface area contributed by atoms with Crippen molar-refractivity contribution in [3.8, 4) is 0 Å². The van der Waals surface area contributed by atoms with Crippen LogP contribution in [0.3, 0.4) is 0 Å². The van der Waals surface area contributed by atoms with Crippen molar-refractivity contribution in [1.82, 2.24) is 0 Å². The molecule has 0 aromatic heterocycles. The molecule has 0 radical (unpaired) electrons. The number of carbonyl (C=O) groups excluding carboxylic acids is 1. The van der Waals surface area contributed by atoms with E-state index < -0.39 is 10.9 Å². The van der Waals surface area contributed by atoms with Crippen LogP contribution in [-0.2, 0) is 16.0 Å². The predicted molar refractivity (Wildman–Crippen MR) is 63.8 cm³/mol. The first kappa shape index (κ1) is 12.4. The summed E-state index contributed by atoms with van der Waals surface area (Å²) in [6.07, 6.45) is 0.111. The molecule has 1 amide bonds. The number of amides is 1. The van der Waals surface area contributed by atoms with E-state index >= 15 is 0 Å². The molecule has 0 bridgehead atoms. The van der Waals surface area contributed by atoms with Crippen LogP contribution in [0.1, 0.15) is 5.56 Å². The molecule has 1 aromatic carbocycles. The second kappa shape index (κ2) is 4.65. The molecule has 0 saturated heterocycles. The standard InChI is InChI=1S/C10H8N2O5S/c13-9-2-5-1-7(12(16)17)8(3-6(5)11-9)18-4-10(14)15/h1,3H,2,4H2,(H,11,13)(H,14,15). The molecule has 0 fully saturated rings. The molecule has 0 aliphatic carbocycles. The first-order valence-electron chi connectivity index (χ1n) is 4.93. The summed E-state index contributed by atoms with van der Waals surface area (Å²) in [6, 6.07) is 2.77. The van der Waals surface area contributed by atoms with Gasteiger partial charge in [0.05, 0.1) is 22.0 Å². The maximum absolute atomic E-state index is 11.2. The molecule has 0 spiro atoms. The largest absolute Gasteiger partial charge is 0.481 e. The van der Waals surface area contributed by atoms with Crippen LogP contribution in [0.15, 0.2) is 17.0 Å². The average Bonchev–Trinajstić information content (AvgIpc) is 2.63. The third-order valence-corrected chi connectivity index (χ3v) is 3.39. The Kier molecular flexibility index (Phi) is 3.19. The molecular weight excluding hydrogens is 260 g/mol. The number of fused-ring (bicyclic) bond motifs is 1. The lowest BCUT2D eigenvalue weighted by Gasteiger charge is -2.04. The molecule has 2 N–H and O–H groups in total. The van der Waals surface area contributed by atoms with Gasteiger partial charge in [-0.3, -0.25) is 19.7 Å². The molecular formula is C10H8N2O5S. The fraction of sp³-hybridized carbons (Fsp3) is 0.200. The number of rotatable bonds is 4. The Balaban J connectivity index is 2.38. The molecule has 0 unspecified atom stereocenters. The Bertz CT molecular complexity index is 557. The lowest BCUT2D eigenvalue weighted by atomic mass is 10.1. The van der Waals surface area contributed by atoms with Crippen LogP contribution in [0.25, 0.3) is 0 Å². The van der Waals surface area contributed by atoms with Crippen LogP contribution in [-0.4, -0.2) is 27.7 Å². The van der Waals surface area contributed by atoms with Crippen molar-refractivity contribution in [2.75, 3.05) is 11.1 Å². The van der Waals surface area contributed by atoms with Gasteiger partial charge >= 0.3 is 5.97 Å². The molecule has 94 valence electrons. The summed E-state index contributed by atoms with van der Waals surface area (Å²) in [5.41, 5.74) is 0.904. The van der Waals surface area contributed by atoms with Gasteiger partial charge in [0, 0.05) is 11.8 Å². The number of carboxylic acid groups (broad SMARTS) is 1. The van der Waals surface area contributed by atoms with Crippen molar-refractivity contribution in [2.45, 2.75) is 11.3 Å². The minimum absolute atomic E-state index is 0.111. The smallest absolute Gasteiger partial charge is 0.313 e. The van der Waals surface area contributed by atoms with Gasteiger partial charge in [-0.15, -0.1) is 11.8 Å². The Morgan fingerprint density at radius 2 is 2.28 bits per heavy atom. The quantitative estimate of drug-likeness (QED) is 0.483. The Morgan fingerprint density at radius 1 is 1.56 bits per heavy atom. The van der Waals surface area contributed by atoms with Gasteiger partial charge < -0.3 is 10.4 Å². The van der Waals surface area contributed by atoms with Crippen molar-refractivity contribution in [2.24, 2.45) is 0 Å². The van der Waals surface area contributed by atoms with Gasteiger partial charge in [0.15, 0.2) is 0 Å². The summed E-state index contributed by atoms with van der Waals surface area (Å²) in [4.78, 5) is 32.2. The third kappa shape index (κ3) is 2.43. The molecule has 1 aromatic rings. The summed E-state index contributed by atoms with van der Waals surface area (Å²) < 4.78 is 0. The number of thioether (sulfide) groups is 1. The number of benzene rings is 1. The van der Waals surface area contributed by atoms with Crippen LogP contribution in [0.5, 0.6) is 0 Å². The average molecular weight is 268 g/mol. The number of carbonyl (C=O) groups is 2. The number of hydrogen-bond donors (Lipinski definition) is 2. The van der Waals surface area contributed by atoms with E-state index in [1.54, 1.807) is 0 Å². The predicted octanol–water partition coefficient (Wildman–Crippen LogP) is 1.27. The lowest BCUT2D eigenvalue weighted by Crippen LogP contribution is -2.03. The maximum Gasteiger partial charge on any atom is 0.313 e. The summed E-state index contributed by atoms with van der Waals surface area (Å²) in [5.74, 6) is -1.55. The number of aliphatic carboxylic acids is 1. The number of anilines is 1. The summed E-state index contributed by atoms with van der Waals surface area (Å²) >= 11 is 0.858. The molecule has 0 saturated carbocycles. The van der Waals surface area contributed by atoms with Gasteiger partial charge in [0.1, 0.15) is 0 Å². The van der Waals surface area contributed by atoms with Crippen LogP contribution in [0.4, 0.5) is 11.4 Å². The molecule has 18 heavy (non-hydrogen) atoms. The van der Waals surface area contributed by atoms with E-state index in [1.807, 2.05) is 0 Å². The number of nitrogens with one attached hydrogen (secondary N) is 1. The highest BCUT2D eigenvalue weighted by Gasteiger charge is 2.24. The van der Waals surface area contributed by atoms with Gasteiger partial charge in [0.2, 0.25) is 5.91 Å². The topological polar surface area (TPSA) is 110 Å². The van der Waals surface area contributed by atoms with E-state index in [-0.39, 0.29) is 28.7 Å². The van der Waals surface area contributed by atoms with Gasteiger partial charge in [-0.2, -0.15) is 0 Å². The van der Waals surface area contributed by atoms with Gasteiger partial charge in [-0.05, 0) is 11.6 Å². The van der Waals surface area contributed by atoms with Crippen LogP contribution >= 0.6 is 11.8 Å². The SMILES string of the molecule is O=C(O)CSc1cc2c(cc1[N+](=O)[O-])CC(=O)N2. The normalized spacial score (nSPS) is 13.0. The number of nitrogens with zero attached hydrogens (tertiary/aromatic N) is 1. The summed E-state index contributed by atoms with van der Waals surface area (Å²) in [5, 5.41) is 22.0. The zero-order chi connectivity index (χ0) is 13.3. The van der Waals surface area contributed by atoms with E-state index in [2.05, 4.69) is 5.32 Å². The minimum atomic E-state index is -1.06. The lowest BCUT2D eigenvalue weighted by molar-refractivity contribution is -0.387. The number of carboxylic acids is 1. The van der Waals surface area contributed by atoms with E-state index in [0.717, 1.165) is 11.8 Å². The summed E-state index contributed by atoms with van der Waals surface area (Å²) in [7, 11) is 0. The number of nitro groups is 1. The van der Waals surface area contributed by atoms with Crippen LogP contribution in [0.2, 0.25) is 0 Å². The van der Waals surface area contributed by atoms with Crippen molar-refractivity contribution < 1.29 is 19.6 Å². The second-order valence-corrected chi connectivity index (χ2v) is 4.66. The maximum atomic E-state index is 11.2. The zero-order valence-electron chi connectivity index (χ0n) is 9.00. The molecule has 7 nitrogen and oxygen atoms in total. The van der Waals surface area contributed by atoms with Crippen molar-refractivity contribution >= 4 is 35.0 Å². The Hall–Kier alpha value is -2.09. The fourth-order valence-electron chi connectivity index (χ4n) is 1.64. The molecule has 1 aliphatic heterocycles. The highest BCUT2D eigenvalue weighted by molar-refractivity contribution is 8.00. The van der Waals surface area contributed by atoms with Gasteiger partial charge in [-0.25, -0.2) is 0 Å². The van der Waals surface area contributed by atoms with E-state index in [9.17, 15) is 19.7 Å². The van der Waals surface area contributed by atoms with E-state index in [1.165, 1.54) is 12.1 Å².